The zero-order chi connectivity index (χ0) is 14.8. The van der Waals surface area contributed by atoms with E-state index in [0.717, 1.165) is 29.3 Å². The van der Waals surface area contributed by atoms with Crippen LogP contribution in [0.3, 0.4) is 0 Å². The molecule has 0 saturated carbocycles. The van der Waals surface area contributed by atoms with Crippen molar-refractivity contribution in [1.82, 2.24) is 4.90 Å². The lowest BCUT2D eigenvalue weighted by Crippen LogP contribution is -2.36. The molecule has 1 aromatic heterocycles. The first-order valence-electron chi connectivity index (χ1n) is 7.02. The van der Waals surface area contributed by atoms with Crippen LogP contribution in [0.5, 0.6) is 0 Å². The number of likely N-dealkylation sites (N-methyl/N-ethyl adjacent to an activating group) is 1. The Bertz CT molecular complexity index is 637. The summed E-state index contributed by atoms with van der Waals surface area (Å²) in [7, 11) is 3.84. The maximum absolute atomic E-state index is 12.2. The minimum absolute atomic E-state index is 0.165. The van der Waals surface area contributed by atoms with Crippen molar-refractivity contribution in [3.63, 3.8) is 0 Å². The number of fused-ring (bicyclic) bond motifs is 1. The number of nitrogens with zero attached hydrogens (tertiary/aromatic N) is 2. The SMILES string of the molecule is CN(C)CC(=O)N1CCc2cc(Nc3cccs3)ccc21. The molecule has 2 heterocycles. The molecule has 0 spiro atoms. The molecule has 0 fully saturated rings. The first kappa shape index (κ1) is 14.1. The van der Waals surface area contributed by atoms with Crippen LogP contribution in [0.2, 0.25) is 0 Å². The molecule has 0 unspecified atom stereocenters. The molecule has 1 amide bonds. The van der Waals surface area contributed by atoms with E-state index in [2.05, 4.69) is 22.8 Å². The minimum Gasteiger partial charge on any atom is -0.347 e. The predicted octanol–water partition coefficient (Wildman–Crippen LogP) is 2.94. The maximum atomic E-state index is 12.2. The molecule has 5 heteroatoms. The van der Waals surface area contributed by atoms with Crippen LogP contribution in [0.15, 0.2) is 35.7 Å². The Morgan fingerprint density at radius 3 is 2.95 bits per heavy atom. The van der Waals surface area contributed by atoms with Gasteiger partial charge in [-0.3, -0.25) is 4.79 Å². The fourth-order valence-corrected chi connectivity index (χ4v) is 3.22. The topological polar surface area (TPSA) is 35.6 Å². The Labute approximate surface area is 129 Å². The van der Waals surface area contributed by atoms with E-state index in [1.807, 2.05) is 42.1 Å². The average Bonchev–Trinajstić information content (AvgIpc) is 3.06. The Balaban J connectivity index is 1.77. The van der Waals surface area contributed by atoms with Gasteiger partial charge in [-0.1, -0.05) is 0 Å². The highest BCUT2D eigenvalue weighted by Crippen LogP contribution is 2.32. The molecule has 3 rings (SSSR count). The van der Waals surface area contributed by atoms with E-state index in [4.69, 9.17) is 0 Å². The van der Waals surface area contributed by atoms with Crippen LogP contribution in [0.4, 0.5) is 16.4 Å². The quantitative estimate of drug-likeness (QED) is 0.943. The van der Waals surface area contributed by atoms with Crippen molar-refractivity contribution in [3.05, 3.63) is 41.3 Å². The zero-order valence-corrected chi connectivity index (χ0v) is 13.1. The molecule has 21 heavy (non-hydrogen) atoms. The lowest BCUT2D eigenvalue weighted by atomic mass is 10.1. The number of benzene rings is 1. The molecule has 110 valence electrons. The van der Waals surface area contributed by atoms with Gasteiger partial charge in [-0.2, -0.15) is 0 Å². The van der Waals surface area contributed by atoms with Gasteiger partial charge in [-0.05, 0) is 61.8 Å². The standard InChI is InChI=1S/C16H19N3OS/c1-18(2)11-16(20)19-8-7-12-10-13(5-6-14(12)19)17-15-4-3-9-21-15/h3-6,9-10,17H,7-8,11H2,1-2H3. The average molecular weight is 301 g/mol. The molecule has 0 bridgehead atoms. The maximum Gasteiger partial charge on any atom is 0.241 e. The van der Waals surface area contributed by atoms with Gasteiger partial charge >= 0.3 is 0 Å². The molecule has 0 saturated heterocycles. The van der Waals surface area contributed by atoms with Crippen LogP contribution < -0.4 is 10.2 Å². The first-order chi connectivity index (χ1) is 10.1. The van der Waals surface area contributed by atoms with Crippen LogP contribution in [0, 0.1) is 0 Å². The molecule has 0 radical (unpaired) electrons. The molecular formula is C16H19N3OS. The predicted molar refractivity (Wildman–Crippen MR) is 88.7 cm³/mol. The summed E-state index contributed by atoms with van der Waals surface area (Å²) in [5.41, 5.74) is 3.38. The number of rotatable bonds is 4. The summed E-state index contributed by atoms with van der Waals surface area (Å²) in [4.78, 5) is 16.0. The summed E-state index contributed by atoms with van der Waals surface area (Å²) in [6.07, 6.45) is 0.925. The number of hydrogen-bond acceptors (Lipinski definition) is 4. The van der Waals surface area contributed by atoms with E-state index in [9.17, 15) is 4.79 Å². The van der Waals surface area contributed by atoms with Crippen molar-refractivity contribution in [2.75, 3.05) is 37.4 Å². The molecule has 0 atom stereocenters. The monoisotopic (exact) mass is 301 g/mol. The number of nitrogens with one attached hydrogen (secondary N) is 1. The summed E-state index contributed by atoms with van der Waals surface area (Å²) >= 11 is 1.68. The molecule has 2 aromatic rings. The van der Waals surface area contributed by atoms with Crippen molar-refractivity contribution in [1.29, 1.82) is 0 Å². The molecule has 0 aliphatic carbocycles. The third kappa shape index (κ3) is 3.09. The van der Waals surface area contributed by atoms with Crippen molar-refractivity contribution in [2.45, 2.75) is 6.42 Å². The van der Waals surface area contributed by atoms with Gasteiger partial charge in [0.15, 0.2) is 0 Å². The third-order valence-electron chi connectivity index (χ3n) is 3.52. The third-order valence-corrected chi connectivity index (χ3v) is 4.30. The zero-order valence-electron chi connectivity index (χ0n) is 12.3. The van der Waals surface area contributed by atoms with E-state index in [0.29, 0.717) is 6.54 Å². The van der Waals surface area contributed by atoms with Gasteiger partial charge in [0.05, 0.1) is 11.5 Å². The van der Waals surface area contributed by atoms with Crippen molar-refractivity contribution in [2.24, 2.45) is 0 Å². The van der Waals surface area contributed by atoms with Crippen LogP contribution in [0.25, 0.3) is 0 Å². The van der Waals surface area contributed by atoms with Gasteiger partial charge in [0.25, 0.3) is 0 Å². The number of hydrogen-bond donors (Lipinski definition) is 1. The normalized spacial score (nSPS) is 13.6. The van der Waals surface area contributed by atoms with E-state index >= 15 is 0 Å². The highest BCUT2D eigenvalue weighted by Gasteiger charge is 2.24. The fraction of sp³-hybridized carbons (Fsp3) is 0.312. The summed E-state index contributed by atoms with van der Waals surface area (Å²) < 4.78 is 0. The minimum atomic E-state index is 0.165. The second kappa shape index (κ2) is 5.87. The van der Waals surface area contributed by atoms with Crippen LogP contribution in [-0.2, 0) is 11.2 Å². The van der Waals surface area contributed by atoms with E-state index in [1.54, 1.807) is 11.3 Å². The summed E-state index contributed by atoms with van der Waals surface area (Å²) in [5.74, 6) is 0.165. The molecular weight excluding hydrogens is 282 g/mol. The number of amides is 1. The van der Waals surface area contributed by atoms with Crippen LogP contribution in [0.1, 0.15) is 5.56 Å². The van der Waals surface area contributed by atoms with Gasteiger partial charge in [0.2, 0.25) is 5.91 Å². The molecule has 4 nitrogen and oxygen atoms in total. The van der Waals surface area contributed by atoms with E-state index in [1.165, 1.54) is 5.56 Å². The highest BCUT2D eigenvalue weighted by molar-refractivity contribution is 7.14. The smallest absolute Gasteiger partial charge is 0.241 e. The second-order valence-corrected chi connectivity index (χ2v) is 6.43. The van der Waals surface area contributed by atoms with Crippen molar-refractivity contribution >= 4 is 33.6 Å². The highest BCUT2D eigenvalue weighted by atomic mass is 32.1. The lowest BCUT2D eigenvalue weighted by molar-refractivity contribution is -0.119. The number of thiophene rings is 1. The van der Waals surface area contributed by atoms with Crippen LogP contribution in [-0.4, -0.2) is 38.0 Å². The Morgan fingerprint density at radius 1 is 1.38 bits per heavy atom. The van der Waals surface area contributed by atoms with Crippen LogP contribution >= 0.6 is 11.3 Å². The second-order valence-electron chi connectivity index (χ2n) is 5.48. The van der Waals surface area contributed by atoms with Gasteiger partial charge < -0.3 is 15.1 Å². The van der Waals surface area contributed by atoms with Crippen molar-refractivity contribution in [3.8, 4) is 0 Å². The molecule has 1 aliphatic rings. The van der Waals surface area contributed by atoms with Gasteiger partial charge in [-0.25, -0.2) is 0 Å². The summed E-state index contributed by atoms with van der Waals surface area (Å²) in [6.45, 7) is 1.24. The first-order valence-corrected chi connectivity index (χ1v) is 7.90. The largest absolute Gasteiger partial charge is 0.347 e. The number of carbonyl (C=O) groups is 1. The Kier molecular flexibility index (Phi) is 3.94. The van der Waals surface area contributed by atoms with Crippen molar-refractivity contribution < 1.29 is 4.79 Å². The summed E-state index contributed by atoms with van der Waals surface area (Å²) in [6, 6.07) is 10.3. The number of carbonyl (C=O) groups excluding carboxylic acids is 1. The molecule has 1 aromatic carbocycles. The molecule has 1 aliphatic heterocycles. The van der Waals surface area contributed by atoms with E-state index in [-0.39, 0.29) is 5.91 Å². The van der Waals surface area contributed by atoms with Gasteiger partial charge in [0, 0.05) is 17.9 Å². The van der Waals surface area contributed by atoms with Gasteiger partial charge in [0.1, 0.15) is 0 Å². The fourth-order valence-electron chi connectivity index (χ4n) is 2.59. The van der Waals surface area contributed by atoms with Gasteiger partial charge in [-0.15, -0.1) is 11.3 Å². The van der Waals surface area contributed by atoms with E-state index < -0.39 is 0 Å². The number of anilines is 3. The Morgan fingerprint density at radius 2 is 2.24 bits per heavy atom. The lowest BCUT2D eigenvalue weighted by Gasteiger charge is -2.20. The molecule has 1 N–H and O–H groups in total. The Hall–Kier alpha value is -1.85. The summed E-state index contributed by atoms with van der Waals surface area (Å²) in [5, 5.41) is 6.58.